The van der Waals surface area contributed by atoms with Gasteiger partial charge in [-0.3, -0.25) is 0 Å². The van der Waals surface area contributed by atoms with Gasteiger partial charge in [0, 0.05) is 12.1 Å². The predicted octanol–water partition coefficient (Wildman–Crippen LogP) is 3.42. The standard InChI is InChI=1S/C14H21N/c1-3-14(9-4-10-14)15-11-13-7-5-12(2)6-8-13/h5-8,15H,3-4,9-11H2,1-2H3. The fourth-order valence-electron chi connectivity index (χ4n) is 2.25. The van der Waals surface area contributed by atoms with Crippen LogP contribution in [0.5, 0.6) is 0 Å². The second-order valence-corrected chi connectivity index (χ2v) is 4.83. The molecule has 0 aliphatic heterocycles. The number of benzene rings is 1. The first kappa shape index (κ1) is 10.7. The van der Waals surface area contributed by atoms with Crippen molar-refractivity contribution in [2.45, 2.75) is 51.6 Å². The summed E-state index contributed by atoms with van der Waals surface area (Å²) in [5.41, 5.74) is 3.21. The summed E-state index contributed by atoms with van der Waals surface area (Å²) in [7, 11) is 0. The highest BCUT2D eigenvalue weighted by atomic mass is 15.0. The van der Waals surface area contributed by atoms with Crippen molar-refractivity contribution in [3.63, 3.8) is 0 Å². The second kappa shape index (κ2) is 4.36. The van der Waals surface area contributed by atoms with Gasteiger partial charge in [-0.25, -0.2) is 0 Å². The molecule has 15 heavy (non-hydrogen) atoms. The van der Waals surface area contributed by atoms with Crippen LogP contribution >= 0.6 is 0 Å². The molecule has 0 heterocycles. The largest absolute Gasteiger partial charge is 0.307 e. The minimum Gasteiger partial charge on any atom is -0.307 e. The lowest BCUT2D eigenvalue weighted by Crippen LogP contribution is -2.49. The Labute approximate surface area is 92.9 Å². The average molecular weight is 203 g/mol. The van der Waals surface area contributed by atoms with Crippen LogP contribution < -0.4 is 5.32 Å². The molecule has 1 heteroatoms. The van der Waals surface area contributed by atoms with Crippen LogP contribution in [0.1, 0.15) is 43.7 Å². The smallest absolute Gasteiger partial charge is 0.0210 e. The first-order chi connectivity index (χ1) is 7.24. The number of rotatable bonds is 4. The molecule has 0 bridgehead atoms. The van der Waals surface area contributed by atoms with Crippen molar-refractivity contribution in [2.75, 3.05) is 0 Å². The van der Waals surface area contributed by atoms with E-state index in [0.29, 0.717) is 5.54 Å². The van der Waals surface area contributed by atoms with Gasteiger partial charge in [0.1, 0.15) is 0 Å². The summed E-state index contributed by atoms with van der Waals surface area (Å²) in [6.07, 6.45) is 5.37. The van der Waals surface area contributed by atoms with Gasteiger partial charge in [-0.2, -0.15) is 0 Å². The van der Waals surface area contributed by atoms with Crippen LogP contribution in [0.15, 0.2) is 24.3 Å². The van der Waals surface area contributed by atoms with Crippen molar-refractivity contribution in [3.05, 3.63) is 35.4 Å². The van der Waals surface area contributed by atoms with Gasteiger partial charge in [0.2, 0.25) is 0 Å². The highest BCUT2D eigenvalue weighted by Crippen LogP contribution is 2.34. The summed E-state index contributed by atoms with van der Waals surface area (Å²) in [5.74, 6) is 0. The highest BCUT2D eigenvalue weighted by molar-refractivity contribution is 5.21. The quantitative estimate of drug-likeness (QED) is 0.790. The van der Waals surface area contributed by atoms with Gasteiger partial charge < -0.3 is 5.32 Å². The minimum absolute atomic E-state index is 0.463. The van der Waals surface area contributed by atoms with E-state index >= 15 is 0 Å². The topological polar surface area (TPSA) is 12.0 Å². The van der Waals surface area contributed by atoms with Crippen molar-refractivity contribution < 1.29 is 0 Å². The molecule has 1 nitrogen and oxygen atoms in total. The molecule has 1 aliphatic carbocycles. The lowest BCUT2D eigenvalue weighted by molar-refractivity contribution is 0.175. The third-order valence-electron chi connectivity index (χ3n) is 3.78. The molecular weight excluding hydrogens is 182 g/mol. The van der Waals surface area contributed by atoms with E-state index in [9.17, 15) is 0 Å². The van der Waals surface area contributed by atoms with E-state index in [1.165, 1.54) is 36.8 Å². The fraction of sp³-hybridized carbons (Fsp3) is 0.571. The maximum absolute atomic E-state index is 3.72. The number of aryl methyl sites for hydroxylation is 1. The maximum atomic E-state index is 3.72. The van der Waals surface area contributed by atoms with Gasteiger partial charge in [-0.1, -0.05) is 36.8 Å². The summed E-state index contributed by atoms with van der Waals surface area (Å²) in [5, 5.41) is 3.72. The van der Waals surface area contributed by atoms with Crippen LogP contribution in [0, 0.1) is 6.92 Å². The highest BCUT2D eigenvalue weighted by Gasteiger charge is 2.33. The zero-order chi connectivity index (χ0) is 10.7. The number of hydrogen-bond donors (Lipinski definition) is 1. The van der Waals surface area contributed by atoms with Crippen molar-refractivity contribution >= 4 is 0 Å². The molecule has 0 radical (unpaired) electrons. The minimum atomic E-state index is 0.463. The maximum Gasteiger partial charge on any atom is 0.0210 e. The molecule has 1 saturated carbocycles. The van der Waals surface area contributed by atoms with Crippen molar-refractivity contribution in [2.24, 2.45) is 0 Å². The van der Waals surface area contributed by atoms with Crippen LogP contribution in [0.3, 0.4) is 0 Å². The molecule has 0 saturated heterocycles. The Morgan fingerprint density at radius 2 is 1.87 bits per heavy atom. The van der Waals surface area contributed by atoms with Gasteiger partial charge in [0.25, 0.3) is 0 Å². The molecule has 1 aromatic carbocycles. The fourth-order valence-corrected chi connectivity index (χ4v) is 2.25. The van der Waals surface area contributed by atoms with Crippen LogP contribution in [0.4, 0.5) is 0 Å². The Morgan fingerprint density at radius 1 is 1.20 bits per heavy atom. The molecule has 0 atom stereocenters. The first-order valence-electron chi connectivity index (χ1n) is 6.05. The van der Waals surface area contributed by atoms with Crippen LogP contribution in [0.2, 0.25) is 0 Å². The Kier molecular flexibility index (Phi) is 3.11. The molecule has 1 N–H and O–H groups in total. The van der Waals surface area contributed by atoms with E-state index in [0.717, 1.165) is 6.54 Å². The number of nitrogens with one attached hydrogen (secondary N) is 1. The Bertz CT molecular complexity index is 303. The summed E-state index contributed by atoms with van der Waals surface area (Å²) in [4.78, 5) is 0. The third-order valence-corrected chi connectivity index (χ3v) is 3.78. The molecule has 0 aromatic heterocycles. The molecule has 1 fully saturated rings. The van der Waals surface area contributed by atoms with Crippen LogP contribution in [-0.4, -0.2) is 5.54 Å². The zero-order valence-corrected chi connectivity index (χ0v) is 9.84. The van der Waals surface area contributed by atoms with Gasteiger partial charge in [0.15, 0.2) is 0 Å². The second-order valence-electron chi connectivity index (χ2n) is 4.83. The predicted molar refractivity (Wildman–Crippen MR) is 64.9 cm³/mol. The van der Waals surface area contributed by atoms with E-state index in [4.69, 9.17) is 0 Å². The van der Waals surface area contributed by atoms with Crippen molar-refractivity contribution in [1.82, 2.24) is 5.32 Å². The summed E-state index contributed by atoms with van der Waals surface area (Å²) in [6.45, 7) is 5.45. The first-order valence-corrected chi connectivity index (χ1v) is 6.05. The van der Waals surface area contributed by atoms with E-state index in [-0.39, 0.29) is 0 Å². The third kappa shape index (κ3) is 2.40. The zero-order valence-electron chi connectivity index (χ0n) is 9.84. The normalized spacial score (nSPS) is 18.5. The monoisotopic (exact) mass is 203 g/mol. The molecule has 0 spiro atoms. The van der Waals surface area contributed by atoms with Crippen LogP contribution in [0.25, 0.3) is 0 Å². The van der Waals surface area contributed by atoms with Crippen molar-refractivity contribution in [3.8, 4) is 0 Å². The molecule has 0 unspecified atom stereocenters. The summed E-state index contributed by atoms with van der Waals surface area (Å²) < 4.78 is 0. The summed E-state index contributed by atoms with van der Waals surface area (Å²) >= 11 is 0. The van der Waals surface area contributed by atoms with E-state index in [1.807, 2.05) is 0 Å². The van der Waals surface area contributed by atoms with E-state index < -0.39 is 0 Å². The van der Waals surface area contributed by atoms with E-state index in [1.54, 1.807) is 0 Å². The number of hydrogen-bond acceptors (Lipinski definition) is 1. The summed E-state index contributed by atoms with van der Waals surface area (Å²) in [6, 6.07) is 8.83. The molecular formula is C14H21N. The van der Waals surface area contributed by atoms with Gasteiger partial charge in [-0.05, 0) is 38.2 Å². The molecule has 82 valence electrons. The Balaban J connectivity index is 1.90. The van der Waals surface area contributed by atoms with Gasteiger partial charge in [-0.15, -0.1) is 0 Å². The average Bonchev–Trinajstić information content (AvgIpc) is 2.20. The molecule has 1 aromatic rings. The van der Waals surface area contributed by atoms with E-state index in [2.05, 4.69) is 43.4 Å². The molecule has 1 aliphatic rings. The molecule has 2 rings (SSSR count). The lowest BCUT2D eigenvalue weighted by atomic mass is 9.75. The van der Waals surface area contributed by atoms with Crippen LogP contribution in [-0.2, 0) is 6.54 Å². The van der Waals surface area contributed by atoms with Gasteiger partial charge >= 0.3 is 0 Å². The Hall–Kier alpha value is -0.820. The SMILES string of the molecule is CCC1(NCc2ccc(C)cc2)CCC1. The van der Waals surface area contributed by atoms with Crippen molar-refractivity contribution in [1.29, 1.82) is 0 Å². The van der Waals surface area contributed by atoms with Gasteiger partial charge in [0.05, 0.1) is 0 Å². The molecule has 0 amide bonds. The Morgan fingerprint density at radius 3 is 2.33 bits per heavy atom. The lowest BCUT2D eigenvalue weighted by Gasteiger charge is -2.42.